The molecule has 0 saturated carbocycles. The van der Waals surface area contributed by atoms with Crippen LogP contribution >= 0.6 is 0 Å². The first-order valence-corrected chi connectivity index (χ1v) is 4.11. The van der Waals surface area contributed by atoms with Crippen molar-refractivity contribution in [2.45, 2.75) is 13.3 Å². The highest BCUT2D eigenvalue weighted by molar-refractivity contribution is 5.42. The van der Waals surface area contributed by atoms with Gasteiger partial charge in [-0.25, -0.2) is 4.98 Å². The van der Waals surface area contributed by atoms with Crippen molar-refractivity contribution in [2.75, 3.05) is 18.5 Å². The number of hydrogen-bond donors (Lipinski definition) is 2. The topological polar surface area (TPSA) is 45.2 Å². The number of hydrogen-bond acceptors (Lipinski definition) is 3. The number of aliphatic hydroxyl groups is 1. The number of rotatable bonds is 4. The van der Waals surface area contributed by atoms with Crippen LogP contribution in [0.5, 0.6) is 0 Å². The van der Waals surface area contributed by atoms with E-state index >= 15 is 0 Å². The predicted octanol–water partition coefficient (Wildman–Crippen LogP) is 1.18. The molecule has 0 atom stereocenters. The lowest BCUT2D eigenvalue weighted by atomic mass is 10.3. The van der Waals surface area contributed by atoms with Crippen LogP contribution < -0.4 is 5.32 Å². The maximum absolute atomic E-state index is 8.55. The molecule has 12 heavy (non-hydrogen) atoms. The summed E-state index contributed by atoms with van der Waals surface area (Å²) in [6.45, 7) is 3.00. The average molecular weight is 166 g/mol. The summed E-state index contributed by atoms with van der Waals surface area (Å²) in [4.78, 5) is 4.16. The van der Waals surface area contributed by atoms with Crippen molar-refractivity contribution in [3.63, 3.8) is 0 Å². The number of aryl methyl sites for hydroxylation is 1. The van der Waals surface area contributed by atoms with Gasteiger partial charge in [-0.05, 0) is 25.0 Å². The summed E-state index contributed by atoms with van der Waals surface area (Å²) in [5.74, 6) is 0.908. The maximum Gasteiger partial charge on any atom is 0.128 e. The van der Waals surface area contributed by atoms with Gasteiger partial charge in [-0.15, -0.1) is 0 Å². The Labute approximate surface area is 72.5 Å². The van der Waals surface area contributed by atoms with E-state index in [1.54, 1.807) is 6.20 Å². The summed E-state index contributed by atoms with van der Waals surface area (Å²) in [5.41, 5.74) is 1.13. The van der Waals surface area contributed by atoms with Crippen LogP contribution in [0.2, 0.25) is 0 Å². The van der Waals surface area contributed by atoms with Crippen molar-refractivity contribution in [1.29, 1.82) is 0 Å². The van der Waals surface area contributed by atoms with Gasteiger partial charge in [-0.1, -0.05) is 6.07 Å². The van der Waals surface area contributed by atoms with Crippen LogP contribution in [0.15, 0.2) is 18.3 Å². The summed E-state index contributed by atoms with van der Waals surface area (Å²) in [5, 5.41) is 11.7. The fourth-order valence-corrected chi connectivity index (χ4v) is 0.957. The van der Waals surface area contributed by atoms with Gasteiger partial charge in [-0.2, -0.15) is 0 Å². The van der Waals surface area contributed by atoms with Crippen LogP contribution in [0.1, 0.15) is 12.0 Å². The molecule has 0 amide bonds. The third-order valence-corrected chi connectivity index (χ3v) is 1.64. The molecular weight excluding hydrogens is 152 g/mol. The monoisotopic (exact) mass is 166 g/mol. The van der Waals surface area contributed by atoms with Crippen LogP contribution in [0.25, 0.3) is 0 Å². The first kappa shape index (κ1) is 9.00. The van der Waals surface area contributed by atoms with Gasteiger partial charge < -0.3 is 10.4 Å². The van der Waals surface area contributed by atoms with Crippen molar-refractivity contribution >= 4 is 5.82 Å². The quantitative estimate of drug-likeness (QED) is 0.660. The Hall–Kier alpha value is -1.09. The summed E-state index contributed by atoms with van der Waals surface area (Å²) in [6.07, 6.45) is 2.52. The van der Waals surface area contributed by atoms with Gasteiger partial charge in [0.25, 0.3) is 0 Å². The molecule has 0 aliphatic rings. The molecule has 1 aromatic heterocycles. The second-order valence-electron chi connectivity index (χ2n) is 2.67. The summed E-state index contributed by atoms with van der Waals surface area (Å²) in [6, 6.07) is 3.92. The van der Waals surface area contributed by atoms with Crippen LogP contribution in [-0.2, 0) is 0 Å². The normalized spacial score (nSPS) is 9.83. The maximum atomic E-state index is 8.55. The third kappa shape index (κ3) is 2.51. The molecule has 1 heterocycles. The van der Waals surface area contributed by atoms with E-state index in [-0.39, 0.29) is 6.61 Å². The molecule has 0 unspecified atom stereocenters. The first-order chi connectivity index (χ1) is 5.84. The van der Waals surface area contributed by atoms with E-state index in [4.69, 9.17) is 5.11 Å². The van der Waals surface area contributed by atoms with E-state index in [1.165, 1.54) is 0 Å². The number of nitrogens with one attached hydrogen (secondary N) is 1. The molecular formula is C9H14N2O. The molecule has 0 fully saturated rings. The molecule has 1 aromatic rings. The van der Waals surface area contributed by atoms with E-state index in [0.717, 1.165) is 24.3 Å². The van der Waals surface area contributed by atoms with Crippen molar-refractivity contribution in [3.8, 4) is 0 Å². The Morgan fingerprint density at radius 1 is 1.58 bits per heavy atom. The van der Waals surface area contributed by atoms with Crippen molar-refractivity contribution in [3.05, 3.63) is 23.9 Å². The molecule has 66 valence electrons. The average Bonchev–Trinajstić information content (AvgIpc) is 2.09. The third-order valence-electron chi connectivity index (χ3n) is 1.64. The SMILES string of the molecule is Cc1cccnc1NCCCO. The minimum atomic E-state index is 0.221. The fraction of sp³-hybridized carbons (Fsp3) is 0.444. The molecule has 0 aliphatic carbocycles. The Morgan fingerprint density at radius 3 is 3.08 bits per heavy atom. The van der Waals surface area contributed by atoms with E-state index < -0.39 is 0 Å². The zero-order valence-electron chi connectivity index (χ0n) is 7.25. The highest BCUT2D eigenvalue weighted by atomic mass is 16.3. The van der Waals surface area contributed by atoms with Gasteiger partial charge in [0, 0.05) is 19.3 Å². The number of nitrogens with zero attached hydrogens (tertiary/aromatic N) is 1. The van der Waals surface area contributed by atoms with Gasteiger partial charge in [0.1, 0.15) is 5.82 Å². The fourth-order valence-electron chi connectivity index (χ4n) is 0.957. The molecule has 0 saturated heterocycles. The number of aromatic nitrogens is 1. The minimum absolute atomic E-state index is 0.221. The Balaban J connectivity index is 2.46. The summed E-state index contributed by atoms with van der Waals surface area (Å²) in [7, 11) is 0. The van der Waals surface area contributed by atoms with E-state index in [0.29, 0.717) is 0 Å². The number of anilines is 1. The molecule has 0 bridgehead atoms. The second-order valence-corrected chi connectivity index (χ2v) is 2.67. The molecule has 1 rings (SSSR count). The minimum Gasteiger partial charge on any atom is -0.396 e. The zero-order valence-corrected chi connectivity index (χ0v) is 7.25. The molecule has 0 radical (unpaired) electrons. The lowest BCUT2D eigenvalue weighted by Gasteiger charge is -2.05. The van der Waals surface area contributed by atoms with E-state index in [9.17, 15) is 0 Å². The van der Waals surface area contributed by atoms with Crippen molar-refractivity contribution in [1.82, 2.24) is 4.98 Å². The van der Waals surface area contributed by atoms with Gasteiger partial charge >= 0.3 is 0 Å². The molecule has 0 aliphatic heterocycles. The molecule has 3 heteroatoms. The van der Waals surface area contributed by atoms with Crippen LogP contribution in [0.4, 0.5) is 5.82 Å². The number of pyridine rings is 1. The molecule has 0 aromatic carbocycles. The first-order valence-electron chi connectivity index (χ1n) is 4.11. The second kappa shape index (κ2) is 4.72. The van der Waals surface area contributed by atoms with Crippen LogP contribution in [0, 0.1) is 6.92 Å². The van der Waals surface area contributed by atoms with Crippen LogP contribution in [-0.4, -0.2) is 23.2 Å². The molecule has 0 spiro atoms. The number of aliphatic hydroxyl groups excluding tert-OH is 1. The van der Waals surface area contributed by atoms with Gasteiger partial charge in [0.15, 0.2) is 0 Å². The Bertz CT molecular complexity index is 238. The smallest absolute Gasteiger partial charge is 0.128 e. The largest absolute Gasteiger partial charge is 0.396 e. The Kier molecular flexibility index (Phi) is 3.54. The lowest BCUT2D eigenvalue weighted by Crippen LogP contribution is -2.05. The standard InChI is InChI=1S/C9H14N2O/c1-8-4-2-5-10-9(8)11-6-3-7-12/h2,4-5,12H,3,6-7H2,1H3,(H,10,11). The van der Waals surface area contributed by atoms with Crippen molar-refractivity contribution in [2.24, 2.45) is 0 Å². The van der Waals surface area contributed by atoms with Gasteiger partial charge in [-0.3, -0.25) is 0 Å². The van der Waals surface area contributed by atoms with Gasteiger partial charge in [0.05, 0.1) is 0 Å². The summed E-state index contributed by atoms with van der Waals surface area (Å²) < 4.78 is 0. The predicted molar refractivity (Wildman–Crippen MR) is 49.2 cm³/mol. The molecule has 2 N–H and O–H groups in total. The van der Waals surface area contributed by atoms with E-state index in [1.807, 2.05) is 19.1 Å². The molecule has 3 nitrogen and oxygen atoms in total. The highest BCUT2D eigenvalue weighted by Crippen LogP contribution is 2.08. The van der Waals surface area contributed by atoms with Crippen LogP contribution in [0.3, 0.4) is 0 Å². The summed E-state index contributed by atoms with van der Waals surface area (Å²) >= 11 is 0. The van der Waals surface area contributed by atoms with Gasteiger partial charge in [0.2, 0.25) is 0 Å². The Morgan fingerprint density at radius 2 is 2.42 bits per heavy atom. The highest BCUT2D eigenvalue weighted by Gasteiger charge is 1.95. The van der Waals surface area contributed by atoms with Crippen molar-refractivity contribution < 1.29 is 5.11 Å². The lowest BCUT2D eigenvalue weighted by molar-refractivity contribution is 0.292. The zero-order chi connectivity index (χ0) is 8.81. The van der Waals surface area contributed by atoms with E-state index in [2.05, 4.69) is 10.3 Å².